The van der Waals surface area contributed by atoms with Crippen molar-refractivity contribution in [3.8, 4) is 27.9 Å². The van der Waals surface area contributed by atoms with E-state index < -0.39 is 0 Å². The number of benzene rings is 8. The molecule has 1 heterocycles. The maximum Gasteiger partial charge on any atom is 0.0558 e. The van der Waals surface area contributed by atoms with Crippen LogP contribution in [-0.4, -0.2) is 4.57 Å². The van der Waals surface area contributed by atoms with Crippen molar-refractivity contribution in [2.24, 2.45) is 5.92 Å². The fourth-order valence-electron chi connectivity index (χ4n) is 14.5. The number of rotatable bonds is 5. The molecule has 0 saturated carbocycles. The molecule has 0 saturated heterocycles. The standard InChI is InChI=1S/C57H46N2.C16H16/c1-37-17-6-7-20-42(37)43-33-31-40(35-38(43)2)58(41-32-34-47-46-23-11-15-29-53(46)59(55(47)36-41)39-18-4-3-5-19-39)54-30-16-28-52-56(54)48-24-10-14-27-51(48)57(52)49-25-12-8-21-44(49)45-22-9-13-26-50(45)57;1-11-8-9-13-12-6-4-5-7-14(12)16(2,3)15(13)10-11/h3-8,10-14,16-21,23-26,28,30-36,51H,9,15,22,27,29H2,1-2H3;4-10H,1-3H3. The van der Waals surface area contributed by atoms with Crippen molar-refractivity contribution in [3.63, 3.8) is 0 Å². The average Bonchev–Trinajstić information content (AvgIpc) is 4.29. The Morgan fingerprint density at radius 2 is 1.21 bits per heavy atom. The molecule has 1 spiro atoms. The van der Waals surface area contributed by atoms with Gasteiger partial charge in [-0.2, -0.15) is 0 Å². The van der Waals surface area contributed by atoms with E-state index in [4.69, 9.17) is 0 Å². The van der Waals surface area contributed by atoms with Crippen LogP contribution in [0.4, 0.5) is 17.1 Å². The lowest BCUT2D eigenvalue weighted by atomic mass is 9.64. The summed E-state index contributed by atoms with van der Waals surface area (Å²) in [5.74, 6) is 0.309. The molecule has 6 aliphatic carbocycles. The number of para-hydroxylation sites is 1. The van der Waals surface area contributed by atoms with E-state index in [1.165, 1.54) is 128 Å². The Labute approximate surface area is 443 Å². The molecule has 75 heavy (non-hydrogen) atoms. The van der Waals surface area contributed by atoms with Gasteiger partial charge in [0.25, 0.3) is 0 Å². The Morgan fingerprint density at radius 3 is 2.05 bits per heavy atom. The first-order valence-corrected chi connectivity index (χ1v) is 27.3. The van der Waals surface area contributed by atoms with E-state index in [2.05, 4.69) is 263 Å². The SMILES string of the molecule is Cc1ccc2c(c1)C(C)(C)c1ccccc1-2.Cc1ccccc1-c1ccc(N(c2ccc3c4c(n(-c5ccccc5)c3c2)CCC=C4)c2cccc3c2C2=CC=CCC2C32C3=C(CCC=C3)c3ccccc32)cc1C. The van der Waals surface area contributed by atoms with Crippen LogP contribution in [0.5, 0.6) is 0 Å². The molecule has 0 N–H and O–H groups in total. The van der Waals surface area contributed by atoms with E-state index in [0.717, 1.165) is 32.1 Å². The highest BCUT2D eigenvalue weighted by Gasteiger charge is 2.57. The lowest BCUT2D eigenvalue weighted by Gasteiger charge is -2.37. The van der Waals surface area contributed by atoms with Gasteiger partial charge in [0.05, 0.1) is 16.6 Å². The minimum atomic E-state index is -0.238. The molecule has 2 nitrogen and oxygen atoms in total. The van der Waals surface area contributed by atoms with E-state index in [0.29, 0.717) is 5.92 Å². The van der Waals surface area contributed by atoms with Crippen molar-refractivity contribution in [2.45, 2.75) is 77.6 Å². The van der Waals surface area contributed by atoms with Gasteiger partial charge in [0, 0.05) is 50.6 Å². The van der Waals surface area contributed by atoms with Crippen molar-refractivity contribution in [1.82, 2.24) is 4.57 Å². The summed E-state index contributed by atoms with van der Waals surface area (Å²) in [5, 5.41) is 1.30. The average molecular weight is 967 g/mol. The highest BCUT2D eigenvalue weighted by Crippen LogP contribution is 2.67. The van der Waals surface area contributed by atoms with Gasteiger partial charge < -0.3 is 9.47 Å². The first kappa shape index (κ1) is 45.4. The number of hydrogen-bond acceptors (Lipinski definition) is 1. The van der Waals surface area contributed by atoms with Crippen LogP contribution in [0.15, 0.2) is 218 Å². The Kier molecular flexibility index (Phi) is 10.6. The zero-order chi connectivity index (χ0) is 50.6. The molecule has 0 fully saturated rings. The largest absolute Gasteiger partial charge is 0.313 e. The highest BCUT2D eigenvalue weighted by molar-refractivity contribution is 6.01. The second-order valence-corrected chi connectivity index (χ2v) is 22.3. The number of nitrogens with zero attached hydrogens (tertiary/aromatic N) is 2. The molecule has 2 unspecified atom stereocenters. The molecule has 364 valence electrons. The minimum absolute atomic E-state index is 0.151. The topological polar surface area (TPSA) is 8.17 Å². The third kappa shape index (κ3) is 6.78. The second-order valence-electron chi connectivity index (χ2n) is 22.3. The minimum Gasteiger partial charge on any atom is -0.313 e. The maximum atomic E-state index is 2.58. The lowest BCUT2D eigenvalue weighted by Crippen LogP contribution is -2.33. The third-order valence-corrected chi connectivity index (χ3v) is 17.8. The second kappa shape index (κ2) is 17.5. The fourth-order valence-corrected chi connectivity index (χ4v) is 14.5. The summed E-state index contributed by atoms with van der Waals surface area (Å²) in [7, 11) is 0. The van der Waals surface area contributed by atoms with E-state index in [9.17, 15) is 0 Å². The normalized spacial score (nSPS) is 18.6. The zero-order valence-electron chi connectivity index (χ0n) is 43.8. The van der Waals surface area contributed by atoms with E-state index >= 15 is 0 Å². The molecule has 0 bridgehead atoms. The molecule has 9 aromatic rings. The predicted molar refractivity (Wildman–Crippen MR) is 317 cm³/mol. The number of anilines is 3. The van der Waals surface area contributed by atoms with Crippen LogP contribution < -0.4 is 4.90 Å². The monoisotopic (exact) mass is 966 g/mol. The fraction of sp³-hybridized carbons (Fsp3) is 0.178. The molecule has 8 aromatic carbocycles. The maximum absolute atomic E-state index is 2.58. The van der Waals surface area contributed by atoms with Crippen LogP contribution in [0.2, 0.25) is 0 Å². The number of hydrogen-bond donors (Lipinski definition) is 0. The molecule has 0 radical (unpaired) electrons. The lowest BCUT2D eigenvalue weighted by molar-refractivity contribution is 0.490. The molecule has 1 aromatic heterocycles. The molecular weight excluding hydrogens is 905 g/mol. The van der Waals surface area contributed by atoms with Gasteiger partial charge in [-0.25, -0.2) is 0 Å². The van der Waals surface area contributed by atoms with Gasteiger partial charge in [-0.3, -0.25) is 0 Å². The van der Waals surface area contributed by atoms with Gasteiger partial charge in [0.15, 0.2) is 0 Å². The molecule has 0 aliphatic heterocycles. The van der Waals surface area contributed by atoms with Gasteiger partial charge >= 0.3 is 0 Å². The summed E-state index contributed by atoms with van der Waals surface area (Å²) >= 11 is 0. The van der Waals surface area contributed by atoms with Crippen molar-refractivity contribution in [3.05, 3.63) is 279 Å². The van der Waals surface area contributed by atoms with Crippen LogP contribution in [0.1, 0.15) is 101 Å². The molecule has 2 heteroatoms. The van der Waals surface area contributed by atoms with Crippen molar-refractivity contribution >= 4 is 45.2 Å². The van der Waals surface area contributed by atoms with Crippen molar-refractivity contribution in [2.75, 3.05) is 4.90 Å². The van der Waals surface area contributed by atoms with Crippen LogP contribution in [0, 0.1) is 26.7 Å². The number of aryl methyl sites for hydroxylation is 3. The van der Waals surface area contributed by atoms with Gasteiger partial charge in [-0.05, 0) is 173 Å². The summed E-state index contributed by atoms with van der Waals surface area (Å²) in [4.78, 5) is 2.58. The molecule has 15 rings (SSSR count). The zero-order valence-corrected chi connectivity index (χ0v) is 43.8. The molecule has 2 atom stereocenters. The Morgan fingerprint density at radius 1 is 0.533 bits per heavy atom. The third-order valence-electron chi connectivity index (χ3n) is 17.8. The number of aromatic nitrogens is 1. The highest BCUT2D eigenvalue weighted by atomic mass is 15.1. The number of allylic oxidation sites excluding steroid dienone is 9. The summed E-state index contributed by atoms with van der Waals surface area (Å²) < 4.78 is 2.52. The molecule has 6 aliphatic rings. The quantitative estimate of drug-likeness (QED) is 0.167. The van der Waals surface area contributed by atoms with Crippen LogP contribution >= 0.6 is 0 Å². The molecule has 0 amide bonds. The Hall–Kier alpha value is -8.20. The van der Waals surface area contributed by atoms with Crippen LogP contribution in [0.3, 0.4) is 0 Å². The first-order chi connectivity index (χ1) is 36.7. The number of fused-ring (bicyclic) bond motifs is 15. The van der Waals surface area contributed by atoms with Gasteiger partial charge in [0.2, 0.25) is 0 Å². The summed E-state index contributed by atoms with van der Waals surface area (Å²) in [6.07, 6.45) is 22.0. The Balaban J connectivity index is 0.000000275. The van der Waals surface area contributed by atoms with Gasteiger partial charge in [-0.15, -0.1) is 0 Å². The predicted octanol–water partition coefficient (Wildman–Crippen LogP) is 19.0. The first-order valence-electron chi connectivity index (χ1n) is 27.3. The van der Waals surface area contributed by atoms with Crippen LogP contribution in [0.25, 0.3) is 56.1 Å². The van der Waals surface area contributed by atoms with Gasteiger partial charge in [0.1, 0.15) is 0 Å². The van der Waals surface area contributed by atoms with Crippen molar-refractivity contribution in [1.29, 1.82) is 0 Å². The summed E-state index contributed by atoms with van der Waals surface area (Å²) in [6, 6.07) is 66.1. The summed E-state index contributed by atoms with van der Waals surface area (Å²) in [5.41, 5.74) is 31.1. The smallest absolute Gasteiger partial charge is 0.0558 e. The Bertz CT molecular complexity index is 3990. The van der Waals surface area contributed by atoms with E-state index in [1.807, 2.05) is 0 Å². The van der Waals surface area contributed by atoms with E-state index in [1.54, 1.807) is 5.57 Å². The van der Waals surface area contributed by atoms with Gasteiger partial charge in [-0.1, -0.05) is 195 Å². The van der Waals surface area contributed by atoms with E-state index in [-0.39, 0.29) is 10.8 Å². The molecular formula is C73H62N2. The van der Waals surface area contributed by atoms with Crippen molar-refractivity contribution < 1.29 is 0 Å². The summed E-state index contributed by atoms with van der Waals surface area (Å²) in [6.45, 7) is 11.3. The van der Waals surface area contributed by atoms with Crippen LogP contribution in [-0.2, 0) is 17.3 Å².